The average molecular weight is 371 g/mol. The molecule has 1 N–H and O–H groups in total. The van der Waals surface area contributed by atoms with Crippen LogP contribution in [0.1, 0.15) is 48.3 Å². The predicted octanol–water partition coefficient (Wildman–Crippen LogP) is 1.17. The summed E-state index contributed by atoms with van der Waals surface area (Å²) in [5.41, 5.74) is 0.852. The molecule has 2 aromatic heterocycles. The number of hydrogen-bond donors (Lipinski definition) is 1. The normalized spacial score (nSPS) is 15.7. The molecule has 3 heterocycles. The van der Waals surface area contributed by atoms with Gasteiger partial charge in [0.1, 0.15) is 0 Å². The number of amides is 3. The molecule has 3 amide bonds. The lowest BCUT2D eigenvalue weighted by atomic mass is 10.2. The van der Waals surface area contributed by atoms with Crippen LogP contribution in [0.2, 0.25) is 0 Å². The molecule has 8 nitrogen and oxygen atoms in total. The van der Waals surface area contributed by atoms with E-state index in [1.165, 1.54) is 6.92 Å². The minimum atomic E-state index is -0.284. The molecule has 1 unspecified atom stereocenters. The predicted molar refractivity (Wildman–Crippen MR) is 101 cm³/mol. The molecule has 0 saturated carbocycles. The first-order valence-corrected chi connectivity index (χ1v) is 9.25. The number of carbonyl (C=O) groups is 3. The molecular weight excluding hydrogens is 346 g/mol. The van der Waals surface area contributed by atoms with E-state index in [1.807, 2.05) is 19.9 Å². The van der Waals surface area contributed by atoms with Crippen LogP contribution in [-0.4, -0.2) is 69.1 Å². The first kappa shape index (κ1) is 18.9. The van der Waals surface area contributed by atoms with Crippen LogP contribution >= 0.6 is 0 Å². The van der Waals surface area contributed by atoms with Crippen molar-refractivity contribution in [3.63, 3.8) is 0 Å². The lowest BCUT2D eigenvalue weighted by Gasteiger charge is -2.33. The first-order valence-electron chi connectivity index (χ1n) is 9.25. The van der Waals surface area contributed by atoms with Gasteiger partial charge in [0, 0.05) is 45.3 Å². The van der Waals surface area contributed by atoms with Gasteiger partial charge in [-0.15, -0.1) is 0 Å². The van der Waals surface area contributed by atoms with E-state index >= 15 is 0 Å². The molecule has 1 aliphatic rings. The standard InChI is InChI=1S/C19H25N5O3/c1-4-13(2)20-18(26)16-15-7-5-6-8-24(15)17(21-16)19(27)23-11-9-22(10-12-23)14(3)25/h5-8,13H,4,9-12H2,1-3H3,(H,20,26). The summed E-state index contributed by atoms with van der Waals surface area (Å²) in [7, 11) is 0. The van der Waals surface area contributed by atoms with Crippen molar-refractivity contribution in [2.75, 3.05) is 26.2 Å². The highest BCUT2D eigenvalue weighted by Gasteiger charge is 2.28. The van der Waals surface area contributed by atoms with Gasteiger partial charge in [0.05, 0.1) is 5.52 Å². The van der Waals surface area contributed by atoms with Crippen LogP contribution in [0.25, 0.3) is 5.52 Å². The molecule has 1 aliphatic heterocycles. The zero-order valence-electron chi connectivity index (χ0n) is 15.9. The summed E-state index contributed by atoms with van der Waals surface area (Å²) in [6.07, 6.45) is 2.55. The van der Waals surface area contributed by atoms with Crippen LogP contribution in [0.15, 0.2) is 24.4 Å². The zero-order valence-corrected chi connectivity index (χ0v) is 15.9. The Hall–Kier alpha value is -2.90. The van der Waals surface area contributed by atoms with Gasteiger partial charge >= 0.3 is 0 Å². The van der Waals surface area contributed by atoms with Crippen molar-refractivity contribution in [3.8, 4) is 0 Å². The summed E-state index contributed by atoms with van der Waals surface area (Å²) in [5, 5.41) is 2.90. The number of nitrogens with zero attached hydrogens (tertiary/aromatic N) is 4. The van der Waals surface area contributed by atoms with Crippen molar-refractivity contribution < 1.29 is 14.4 Å². The van der Waals surface area contributed by atoms with Gasteiger partial charge in [-0.3, -0.25) is 18.8 Å². The smallest absolute Gasteiger partial charge is 0.290 e. The monoisotopic (exact) mass is 371 g/mol. The van der Waals surface area contributed by atoms with E-state index in [0.717, 1.165) is 6.42 Å². The Morgan fingerprint density at radius 2 is 1.81 bits per heavy atom. The van der Waals surface area contributed by atoms with Gasteiger partial charge in [-0.1, -0.05) is 13.0 Å². The summed E-state index contributed by atoms with van der Waals surface area (Å²) in [6, 6.07) is 5.42. The van der Waals surface area contributed by atoms with Gasteiger partial charge in [0.2, 0.25) is 11.7 Å². The third-order valence-electron chi connectivity index (χ3n) is 4.96. The number of aromatic nitrogens is 2. The van der Waals surface area contributed by atoms with Gasteiger partial charge in [-0.25, -0.2) is 4.98 Å². The Bertz CT molecular complexity index is 867. The quantitative estimate of drug-likeness (QED) is 0.874. The number of piperazine rings is 1. The van der Waals surface area contributed by atoms with E-state index in [-0.39, 0.29) is 35.3 Å². The maximum absolute atomic E-state index is 13.0. The molecule has 1 saturated heterocycles. The zero-order chi connectivity index (χ0) is 19.6. The third kappa shape index (κ3) is 3.79. The molecule has 144 valence electrons. The van der Waals surface area contributed by atoms with E-state index in [4.69, 9.17) is 0 Å². The Balaban J connectivity index is 1.88. The molecule has 0 radical (unpaired) electrons. The highest BCUT2D eigenvalue weighted by molar-refractivity contribution is 6.02. The Labute approximate surface area is 158 Å². The van der Waals surface area contributed by atoms with Crippen molar-refractivity contribution >= 4 is 23.2 Å². The molecule has 8 heteroatoms. The van der Waals surface area contributed by atoms with Crippen molar-refractivity contribution in [1.29, 1.82) is 0 Å². The lowest BCUT2D eigenvalue weighted by molar-refractivity contribution is -0.130. The van der Waals surface area contributed by atoms with Crippen molar-refractivity contribution in [1.82, 2.24) is 24.5 Å². The number of nitrogens with one attached hydrogen (secondary N) is 1. The largest absolute Gasteiger partial charge is 0.348 e. The Morgan fingerprint density at radius 3 is 2.44 bits per heavy atom. The highest BCUT2D eigenvalue weighted by Crippen LogP contribution is 2.16. The van der Waals surface area contributed by atoms with Crippen LogP contribution in [0.4, 0.5) is 0 Å². The van der Waals surface area contributed by atoms with Gasteiger partial charge in [-0.2, -0.15) is 0 Å². The van der Waals surface area contributed by atoms with Gasteiger partial charge in [-0.05, 0) is 25.5 Å². The van der Waals surface area contributed by atoms with E-state index < -0.39 is 0 Å². The minimum Gasteiger partial charge on any atom is -0.348 e. The molecule has 1 fully saturated rings. The Morgan fingerprint density at radius 1 is 1.15 bits per heavy atom. The van der Waals surface area contributed by atoms with E-state index in [0.29, 0.717) is 31.7 Å². The number of hydrogen-bond acceptors (Lipinski definition) is 4. The van der Waals surface area contributed by atoms with Gasteiger partial charge < -0.3 is 15.1 Å². The fraction of sp³-hybridized carbons (Fsp3) is 0.474. The average Bonchev–Trinajstić information content (AvgIpc) is 3.07. The van der Waals surface area contributed by atoms with Crippen LogP contribution in [0, 0.1) is 0 Å². The number of rotatable bonds is 4. The molecule has 2 aromatic rings. The molecule has 1 atom stereocenters. The van der Waals surface area contributed by atoms with Crippen LogP contribution in [0.3, 0.4) is 0 Å². The molecule has 0 spiro atoms. The molecule has 0 aromatic carbocycles. The number of imidazole rings is 1. The molecular formula is C19H25N5O3. The third-order valence-corrected chi connectivity index (χ3v) is 4.96. The number of fused-ring (bicyclic) bond motifs is 1. The lowest BCUT2D eigenvalue weighted by Crippen LogP contribution is -2.50. The first-order chi connectivity index (χ1) is 12.9. The second-order valence-electron chi connectivity index (χ2n) is 6.82. The summed E-state index contributed by atoms with van der Waals surface area (Å²) in [5.74, 6) is -0.288. The summed E-state index contributed by atoms with van der Waals surface area (Å²) >= 11 is 0. The van der Waals surface area contributed by atoms with Gasteiger partial charge in [0.15, 0.2) is 5.69 Å². The molecule has 0 aliphatic carbocycles. The number of pyridine rings is 1. The fourth-order valence-electron chi connectivity index (χ4n) is 3.12. The van der Waals surface area contributed by atoms with Crippen molar-refractivity contribution in [2.45, 2.75) is 33.2 Å². The Kier molecular flexibility index (Phi) is 5.43. The van der Waals surface area contributed by atoms with Crippen molar-refractivity contribution in [2.24, 2.45) is 0 Å². The second-order valence-corrected chi connectivity index (χ2v) is 6.82. The fourth-order valence-corrected chi connectivity index (χ4v) is 3.12. The minimum absolute atomic E-state index is 0.0114. The van der Waals surface area contributed by atoms with Crippen LogP contribution in [-0.2, 0) is 4.79 Å². The van der Waals surface area contributed by atoms with E-state index in [9.17, 15) is 14.4 Å². The van der Waals surface area contributed by atoms with Crippen LogP contribution < -0.4 is 5.32 Å². The summed E-state index contributed by atoms with van der Waals surface area (Å²) in [6.45, 7) is 7.37. The SMILES string of the molecule is CCC(C)NC(=O)c1nc(C(=O)N2CCN(C(C)=O)CC2)n2ccccc12. The topological polar surface area (TPSA) is 87.0 Å². The summed E-state index contributed by atoms with van der Waals surface area (Å²) < 4.78 is 1.66. The molecule has 3 rings (SSSR count). The summed E-state index contributed by atoms with van der Waals surface area (Å²) in [4.78, 5) is 44.9. The molecule has 0 bridgehead atoms. The highest BCUT2D eigenvalue weighted by atomic mass is 16.2. The van der Waals surface area contributed by atoms with Crippen molar-refractivity contribution in [3.05, 3.63) is 35.9 Å². The maximum Gasteiger partial charge on any atom is 0.290 e. The van der Waals surface area contributed by atoms with Gasteiger partial charge in [0.25, 0.3) is 11.8 Å². The van der Waals surface area contributed by atoms with Crippen LogP contribution in [0.5, 0.6) is 0 Å². The molecule has 27 heavy (non-hydrogen) atoms. The van der Waals surface area contributed by atoms with E-state index in [2.05, 4.69) is 10.3 Å². The van der Waals surface area contributed by atoms with E-state index in [1.54, 1.807) is 32.5 Å². The maximum atomic E-state index is 13.0. The number of carbonyl (C=O) groups excluding carboxylic acids is 3. The second kappa shape index (κ2) is 7.77.